The van der Waals surface area contributed by atoms with Crippen molar-refractivity contribution < 1.29 is 14.7 Å². The van der Waals surface area contributed by atoms with E-state index in [1.807, 2.05) is 13.8 Å². The van der Waals surface area contributed by atoms with E-state index in [0.717, 1.165) is 0 Å². The van der Waals surface area contributed by atoms with Crippen LogP contribution in [0.15, 0.2) is 0 Å². The summed E-state index contributed by atoms with van der Waals surface area (Å²) in [5.74, 6) is -0.883. The summed E-state index contributed by atoms with van der Waals surface area (Å²) >= 11 is 0. The highest BCUT2D eigenvalue weighted by molar-refractivity contribution is 5.83. The van der Waals surface area contributed by atoms with Crippen molar-refractivity contribution in [3.63, 3.8) is 0 Å². The second-order valence-corrected chi connectivity index (χ2v) is 4.71. The molecule has 15 heavy (non-hydrogen) atoms. The quantitative estimate of drug-likeness (QED) is 0.697. The van der Waals surface area contributed by atoms with Crippen LogP contribution in [-0.4, -0.2) is 47.1 Å². The zero-order valence-electron chi connectivity index (χ0n) is 9.41. The maximum Gasteiger partial charge on any atom is 0.303 e. The third kappa shape index (κ3) is 3.20. The lowest BCUT2D eigenvalue weighted by Crippen LogP contribution is -2.63. The number of carbonyl (C=O) groups is 2. The molecular formula is C10H18N2O3. The summed E-state index contributed by atoms with van der Waals surface area (Å²) in [4.78, 5) is 23.8. The summed E-state index contributed by atoms with van der Waals surface area (Å²) in [6, 6.07) is -0.366. The number of rotatable bonds is 3. The van der Waals surface area contributed by atoms with Gasteiger partial charge in [-0.2, -0.15) is 0 Å². The van der Waals surface area contributed by atoms with Crippen molar-refractivity contribution in [2.45, 2.75) is 38.3 Å². The van der Waals surface area contributed by atoms with Gasteiger partial charge in [0.05, 0.1) is 6.04 Å². The van der Waals surface area contributed by atoms with Crippen molar-refractivity contribution in [1.82, 2.24) is 10.2 Å². The highest BCUT2D eigenvalue weighted by Gasteiger charge is 2.35. The summed E-state index contributed by atoms with van der Waals surface area (Å²) in [6.07, 6.45) is 0.370. The summed E-state index contributed by atoms with van der Waals surface area (Å²) in [5.41, 5.74) is -0.147. The minimum atomic E-state index is -0.865. The molecule has 1 atom stereocenters. The second-order valence-electron chi connectivity index (χ2n) is 4.71. The lowest BCUT2D eigenvalue weighted by molar-refractivity contribution is -0.139. The molecule has 0 aromatic heterocycles. The Hall–Kier alpha value is -1.10. The van der Waals surface area contributed by atoms with Crippen molar-refractivity contribution in [2.24, 2.45) is 0 Å². The molecule has 0 aromatic rings. The summed E-state index contributed by atoms with van der Waals surface area (Å²) in [5, 5.41) is 11.7. The number of nitrogens with one attached hydrogen (secondary N) is 1. The van der Waals surface area contributed by atoms with Crippen molar-refractivity contribution >= 4 is 11.9 Å². The standard InChI is InChI=1S/C10H18N2O3/c1-10(2)6-12(3)9(15)7(11-10)4-5-8(13)14/h7,11H,4-6H2,1-3H3,(H,13,14). The van der Waals surface area contributed by atoms with Crippen LogP contribution in [0.2, 0.25) is 0 Å². The number of hydrogen-bond acceptors (Lipinski definition) is 3. The first-order valence-corrected chi connectivity index (χ1v) is 5.06. The van der Waals surface area contributed by atoms with Crippen LogP contribution in [0, 0.1) is 0 Å². The molecule has 5 nitrogen and oxygen atoms in total. The zero-order valence-corrected chi connectivity index (χ0v) is 9.41. The molecule has 2 N–H and O–H groups in total. The minimum Gasteiger partial charge on any atom is -0.481 e. The van der Waals surface area contributed by atoms with Crippen LogP contribution >= 0.6 is 0 Å². The fraction of sp³-hybridized carbons (Fsp3) is 0.800. The van der Waals surface area contributed by atoms with Gasteiger partial charge >= 0.3 is 5.97 Å². The first kappa shape index (κ1) is 12.0. The van der Waals surface area contributed by atoms with Crippen LogP contribution in [-0.2, 0) is 9.59 Å². The van der Waals surface area contributed by atoms with E-state index in [0.29, 0.717) is 13.0 Å². The molecule has 0 aliphatic carbocycles. The van der Waals surface area contributed by atoms with Gasteiger partial charge in [-0.25, -0.2) is 0 Å². The fourth-order valence-corrected chi connectivity index (χ4v) is 1.98. The molecular weight excluding hydrogens is 196 g/mol. The molecule has 86 valence electrons. The molecule has 1 unspecified atom stereocenters. The molecule has 0 spiro atoms. The number of carboxylic acids is 1. The monoisotopic (exact) mass is 214 g/mol. The number of nitrogens with zero attached hydrogens (tertiary/aromatic N) is 1. The van der Waals surface area contributed by atoms with E-state index >= 15 is 0 Å². The van der Waals surface area contributed by atoms with Crippen molar-refractivity contribution in [2.75, 3.05) is 13.6 Å². The van der Waals surface area contributed by atoms with Crippen LogP contribution < -0.4 is 5.32 Å². The van der Waals surface area contributed by atoms with Crippen LogP contribution in [0.1, 0.15) is 26.7 Å². The third-order valence-electron chi connectivity index (χ3n) is 2.52. The molecule has 0 radical (unpaired) electrons. The van der Waals surface area contributed by atoms with Gasteiger partial charge in [0.15, 0.2) is 0 Å². The Morgan fingerprint density at radius 2 is 2.27 bits per heavy atom. The SMILES string of the molecule is CN1CC(C)(C)NC(CCC(=O)O)C1=O. The molecule has 1 amide bonds. The van der Waals surface area contributed by atoms with Crippen LogP contribution in [0.25, 0.3) is 0 Å². The van der Waals surface area contributed by atoms with Gasteiger partial charge in [-0.1, -0.05) is 0 Å². The highest BCUT2D eigenvalue weighted by atomic mass is 16.4. The number of carboxylic acid groups (broad SMARTS) is 1. The van der Waals surface area contributed by atoms with E-state index in [1.165, 1.54) is 0 Å². The molecule has 1 heterocycles. The maximum atomic E-state index is 11.7. The van der Waals surface area contributed by atoms with Gasteiger partial charge in [-0.3, -0.25) is 14.9 Å². The molecule has 1 saturated heterocycles. The van der Waals surface area contributed by atoms with E-state index in [2.05, 4.69) is 5.32 Å². The van der Waals surface area contributed by atoms with Gasteiger partial charge in [0, 0.05) is 25.6 Å². The number of piperazine rings is 1. The van der Waals surface area contributed by atoms with E-state index in [1.54, 1.807) is 11.9 Å². The Morgan fingerprint density at radius 3 is 2.80 bits per heavy atom. The van der Waals surface area contributed by atoms with Gasteiger partial charge in [0.25, 0.3) is 0 Å². The largest absolute Gasteiger partial charge is 0.481 e. The van der Waals surface area contributed by atoms with E-state index in [9.17, 15) is 9.59 Å². The molecule has 1 fully saturated rings. The molecule has 0 saturated carbocycles. The number of amides is 1. The van der Waals surface area contributed by atoms with E-state index < -0.39 is 5.97 Å². The normalized spacial score (nSPS) is 25.4. The number of aliphatic carboxylic acids is 1. The molecule has 1 aliphatic rings. The Balaban J connectivity index is 2.61. The summed E-state index contributed by atoms with van der Waals surface area (Å²) in [7, 11) is 1.75. The predicted molar refractivity (Wildman–Crippen MR) is 55.5 cm³/mol. The summed E-state index contributed by atoms with van der Waals surface area (Å²) < 4.78 is 0. The lowest BCUT2D eigenvalue weighted by Gasteiger charge is -2.41. The van der Waals surface area contributed by atoms with Gasteiger partial charge in [-0.15, -0.1) is 0 Å². The molecule has 0 aromatic carbocycles. The van der Waals surface area contributed by atoms with Crippen molar-refractivity contribution in [3.8, 4) is 0 Å². The fourth-order valence-electron chi connectivity index (χ4n) is 1.98. The first-order valence-electron chi connectivity index (χ1n) is 5.06. The number of likely N-dealkylation sites (N-methyl/N-ethyl adjacent to an activating group) is 1. The lowest BCUT2D eigenvalue weighted by atomic mass is 9.96. The van der Waals surface area contributed by atoms with Gasteiger partial charge in [0.2, 0.25) is 5.91 Å². The Morgan fingerprint density at radius 1 is 1.67 bits per heavy atom. The average molecular weight is 214 g/mol. The number of carbonyl (C=O) groups excluding carboxylic acids is 1. The average Bonchev–Trinajstić information content (AvgIpc) is 2.08. The van der Waals surface area contributed by atoms with Crippen LogP contribution in [0.4, 0.5) is 0 Å². The van der Waals surface area contributed by atoms with E-state index in [-0.39, 0.29) is 23.9 Å². The topological polar surface area (TPSA) is 69.6 Å². The van der Waals surface area contributed by atoms with Gasteiger partial charge in [0.1, 0.15) is 0 Å². The van der Waals surface area contributed by atoms with Gasteiger partial charge in [-0.05, 0) is 20.3 Å². The van der Waals surface area contributed by atoms with E-state index in [4.69, 9.17) is 5.11 Å². The van der Waals surface area contributed by atoms with Crippen molar-refractivity contribution in [3.05, 3.63) is 0 Å². The molecule has 0 bridgehead atoms. The minimum absolute atomic E-state index is 0.0180. The number of hydrogen-bond donors (Lipinski definition) is 2. The smallest absolute Gasteiger partial charge is 0.303 e. The maximum absolute atomic E-state index is 11.7. The van der Waals surface area contributed by atoms with Crippen LogP contribution in [0.3, 0.4) is 0 Å². The zero-order chi connectivity index (χ0) is 11.6. The molecule has 1 rings (SSSR count). The highest BCUT2D eigenvalue weighted by Crippen LogP contribution is 2.16. The molecule has 1 aliphatic heterocycles. The Bertz CT molecular complexity index is 276. The second kappa shape index (κ2) is 4.18. The Labute approximate surface area is 89.4 Å². The summed E-state index contributed by atoms with van der Waals surface area (Å²) in [6.45, 7) is 4.66. The predicted octanol–water partition coefficient (Wildman–Crippen LogP) is 0.0600. The Kier molecular flexibility index (Phi) is 3.34. The third-order valence-corrected chi connectivity index (χ3v) is 2.52. The van der Waals surface area contributed by atoms with Crippen molar-refractivity contribution in [1.29, 1.82) is 0 Å². The van der Waals surface area contributed by atoms with Crippen LogP contribution in [0.5, 0.6) is 0 Å². The first-order chi connectivity index (χ1) is 6.82. The molecule has 5 heteroatoms. The van der Waals surface area contributed by atoms with Gasteiger partial charge < -0.3 is 10.0 Å².